The first-order valence-corrected chi connectivity index (χ1v) is 17.4. The number of urea groups is 2. The van der Waals surface area contributed by atoms with E-state index in [-0.39, 0.29) is 26.5 Å². The molecule has 2 aromatic rings. The highest BCUT2D eigenvalue weighted by molar-refractivity contribution is 7.90. The van der Waals surface area contributed by atoms with Gasteiger partial charge in [-0.05, 0) is 68.7 Å². The first kappa shape index (κ1) is 34.3. The van der Waals surface area contributed by atoms with Crippen LogP contribution < -0.4 is 20.1 Å². The number of carbonyl (C=O) groups excluding carboxylic acids is 2. The first-order chi connectivity index (χ1) is 19.9. The predicted octanol–water partition coefficient (Wildman–Crippen LogP) is 3.95. The predicted molar refractivity (Wildman–Crippen MR) is 164 cm³/mol. The van der Waals surface area contributed by atoms with Gasteiger partial charge in [-0.2, -0.15) is 0 Å². The van der Waals surface area contributed by atoms with Crippen molar-refractivity contribution >= 4 is 32.1 Å². The summed E-state index contributed by atoms with van der Waals surface area (Å²) in [6, 6.07) is 10.7. The Balaban J connectivity index is 0.000000250. The van der Waals surface area contributed by atoms with E-state index in [4.69, 9.17) is 0 Å². The molecule has 4 amide bonds. The Bertz CT molecular complexity index is 1510. The number of aliphatic hydroxyl groups is 1. The van der Waals surface area contributed by atoms with Crippen molar-refractivity contribution in [2.75, 3.05) is 6.54 Å². The molecule has 0 aliphatic heterocycles. The molecule has 238 valence electrons. The molecular formula is C30H44N4O7S2. The molecule has 4 atom stereocenters. The summed E-state index contributed by atoms with van der Waals surface area (Å²) < 4.78 is 52.3. The van der Waals surface area contributed by atoms with Gasteiger partial charge in [0.05, 0.1) is 21.9 Å². The van der Waals surface area contributed by atoms with Crippen LogP contribution in [0, 0.1) is 30.6 Å². The fourth-order valence-electron chi connectivity index (χ4n) is 5.91. The number of nitrogens with one attached hydrogen (secondary N) is 4. The van der Waals surface area contributed by atoms with E-state index in [1.807, 2.05) is 37.1 Å². The van der Waals surface area contributed by atoms with Crippen molar-refractivity contribution in [3.05, 3.63) is 59.7 Å². The Morgan fingerprint density at radius 1 is 0.837 bits per heavy atom. The van der Waals surface area contributed by atoms with Gasteiger partial charge in [-0.25, -0.2) is 35.9 Å². The summed E-state index contributed by atoms with van der Waals surface area (Å²) in [7, 11) is -7.71. The Morgan fingerprint density at radius 3 is 1.72 bits per heavy atom. The molecule has 43 heavy (non-hydrogen) atoms. The molecule has 4 rings (SSSR count). The van der Waals surface area contributed by atoms with Crippen molar-refractivity contribution in [2.24, 2.45) is 16.7 Å². The van der Waals surface area contributed by atoms with Gasteiger partial charge in [0.25, 0.3) is 20.0 Å². The number of hydrogen-bond acceptors (Lipinski definition) is 7. The highest BCUT2D eigenvalue weighted by atomic mass is 32.2. The number of fused-ring (bicyclic) bond motifs is 2. The van der Waals surface area contributed by atoms with Crippen LogP contribution in [-0.2, 0) is 20.0 Å². The van der Waals surface area contributed by atoms with Crippen LogP contribution in [0.15, 0.2) is 58.3 Å². The molecular weight excluding hydrogens is 592 g/mol. The number of rotatable bonds is 8. The van der Waals surface area contributed by atoms with Crippen LogP contribution in [0.3, 0.4) is 0 Å². The van der Waals surface area contributed by atoms with Crippen LogP contribution in [0.25, 0.3) is 0 Å². The van der Waals surface area contributed by atoms with Crippen molar-refractivity contribution in [3.63, 3.8) is 0 Å². The van der Waals surface area contributed by atoms with Crippen molar-refractivity contribution in [1.29, 1.82) is 0 Å². The third kappa shape index (κ3) is 7.68. The second-order valence-electron chi connectivity index (χ2n) is 12.2. The molecule has 0 radical (unpaired) electrons. The largest absolute Gasteiger partial charge is 0.390 e. The maximum absolute atomic E-state index is 12.3. The summed E-state index contributed by atoms with van der Waals surface area (Å²) in [5.74, 6) is 0.125. The minimum atomic E-state index is -3.94. The average molecular weight is 637 g/mol. The van der Waals surface area contributed by atoms with Gasteiger partial charge in [-0.15, -0.1) is 0 Å². The fraction of sp³-hybridized carbons (Fsp3) is 0.533. The number of aliphatic hydroxyl groups excluding tert-OH is 1. The molecule has 2 aliphatic rings. The summed E-state index contributed by atoms with van der Waals surface area (Å²) in [6.45, 7) is 12.4. The Hall–Kier alpha value is -3.16. The molecule has 2 aromatic carbocycles. The molecule has 2 fully saturated rings. The summed E-state index contributed by atoms with van der Waals surface area (Å²) in [6.07, 6.45) is 2.89. The molecule has 2 saturated carbocycles. The first-order valence-electron chi connectivity index (χ1n) is 14.4. The van der Waals surface area contributed by atoms with Gasteiger partial charge in [0.1, 0.15) is 0 Å². The highest BCUT2D eigenvalue weighted by Gasteiger charge is 2.66. The SMILES string of the molecule is CCCCNC(=O)NS(=O)(=O)c1ccc(C)cc1.Cc1ccc(S(=O)(=O)NC(=O)N[C@H]2[C@H]3CC[C@@](C)([C@H]2O)C3(C)C)cc1. The van der Waals surface area contributed by atoms with E-state index >= 15 is 0 Å². The normalized spacial score (nSPS) is 23.9. The molecule has 2 aliphatic carbocycles. The second kappa shape index (κ2) is 13.2. The van der Waals surface area contributed by atoms with Gasteiger partial charge in [-0.1, -0.05) is 69.5 Å². The molecule has 0 saturated heterocycles. The molecule has 0 spiro atoms. The Morgan fingerprint density at radius 2 is 1.30 bits per heavy atom. The van der Waals surface area contributed by atoms with Crippen molar-refractivity contribution in [1.82, 2.24) is 20.1 Å². The summed E-state index contributed by atoms with van der Waals surface area (Å²) in [5, 5.41) is 15.9. The number of benzene rings is 2. The summed E-state index contributed by atoms with van der Waals surface area (Å²) in [5.41, 5.74) is 1.51. The summed E-state index contributed by atoms with van der Waals surface area (Å²) >= 11 is 0. The monoisotopic (exact) mass is 636 g/mol. The number of amides is 4. The van der Waals surface area contributed by atoms with E-state index < -0.39 is 44.3 Å². The van der Waals surface area contributed by atoms with Gasteiger partial charge in [-0.3, -0.25) is 0 Å². The number of hydrogen-bond donors (Lipinski definition) is 5. The van der Waals surface area contributed by atoms with E-state index in [1.165, 1.54) is 24.3 Å². The minimum Gasteiger partial charge on any atom is -0.390 e. The van der Waals surface area contributed by atoms with Crippen LogP contribution in [0.4, 0.5) is 9.59 Å². The van der Waals surface area contributed by atoms with E-state index in [9.17, 15) is 31.5 Å². The van der Waals surface area contributed by atoms with Gasteiger partial charge in [0.15, 0.2) is 0 Å². The van der Waals surface area contributed by atoms with Gasteiger partial charge < -0.3 is 15.7 Å². The van der Waals surface area contributed by atoms with Crippen molar-refractivity contribution in [3.8, 4) is 0 Å². The number of sulfonamides is 2. The van der Waals surface area contributed by atoms with Crippen LogP contribution in [0.2, 0.25) is 0 Å². The van der Waals surface area contributed by atoms with Crippen LogP contribution in [-0.4, -0.2) is 52.7 Å². The van der Waals surface area contributed by atoms with Gasteiger partial charge >= 0.3 is 12.1 Å². The summed E-state index contributed by atoms with van der Waals surface area (Å²) in [4.78, 5) is 23.8. The van der Waals surface area contributed by atoms with E-state index in [2.05, 4.69) is 24.5 Å². The second-order valence-corrected chi connectivity index (χ2v) is 15.5. The maximum Gasteiger partial charge on any atom is 0.329 e. The molecule has 0 unspecified atom stereocenters. The Labute approximate surface area is 255 Å². The zero-order valence-corrected chi connectivity index (χ0v) is 27.2. The molecule has 0 heterocycles. The van der Waals surface area contributed by atoms with Crippen LogP contribution in [0.5, 0.6) is 0 Å². The quantitative estimate of drug-likeness (QED) is 0.273. The van der Waals surface area contributed by atoms with E-state index in [0.29, 0.717) is 6.54 Å². The minimum absolute atomic E-state index is 0.0361. The van der Waals surface area contributed by atoms with Crippen molar-refractivity contribution in [2.45, 2.75) is 89.2 Å². The van der Waals surface area contributed by atoms with Crippen molar-refractivity contribution < 1.29 is 31.5 Å². The van der Waals surface area contributed by atoms with Gasteiger partial charge in [0.2, 0.25) is 0 Å². The lowest BCUT2D eigenvalue weighted by molar-refractivity contribution is 0.00193. The highest BCUT2D eigenvalue weighted by Crippen LogP contribution is 2.65. The van der Waals surface area contributed by atoms with Crippen LogP contribution >= 0.6 is 0 Å². The fourth-order valence-corrected chi connectivity index (χ4v) is 7.75. The third-order valence-electron chi connectivity index (χ3n) is 9.03. The standard InChI is InChI=1S/C18H26N2O4S.C12H18N2O3S/c1-11-5-7-12(8-6-11)25(23,24)20-16(22)19-14-13-9-10-18(4,15(14)21)17(13,2)3;1-3-4-9-13-12(15)14-18(16,17)11-7-5-10(2)6-8-11/h5-8,13-15,21H,9-10H2,1-4H3,(H2,19,20,22);5-8H,3-4,9H2,1-2H3,(H2,13,14,15)/t13-,14+,15+,18+;/m1./s1. The van der Waals surface area contributed by atoms with E-state index in [1.54, 1.807) is 24.3 Å². The lowest BCUT2D eigenvalue weighted by Crippen LogP contribution is -2.52. The zero-order valence-electron chi connectivity index (χ0n) is 25.6. The molecule has 0 aromatic heterocycles. The molecule has 13 heteroatoms. The smallest absolute Gasteiger partial charge is 0.329 e. The topological polar surface area (TPSA) is 171 Å². The van der Waals surface area contributed by atoms with Gasteiger partial charge in [0, 0.05) is 12.0 Å². The average Bonchev–Trinajstić information content (AvgIpc) is 3.22. The molecule has 11 nitrogen and oxygen atoms in total. The molecule has 5 N–H and O–H groups in total. The molecule has 2 bridgehead atoms. The number of aryl methyl sites for hydroxylation is 2. The maximum atomic E-state index is 12.3. The lowest BCUT2D eigenvalue weighted by atomic mass is 9.70. The van der Waals surface area contributed by atoms with E-state index in [0.717, 1.165) is 36.8 Å². The number of carbonyl (C=O) groups is 2. The number of unbranched alkanes of at least 4 members (excludes halogenated alkanes) is 1. The van der Waals surface area contributed by atoms with Crippen LogP contribution in [0.1, 0.15) is 64.5 Å². The third-order valence-corrected chi connectivity index (χ3v) is 11.7. The Kier molecular flexibility index (Phi) is 10.6. The lowest BCUT2D eigenvalue weighted by Gasteiger charge is -2.37. The zero-order chi connectivity index (χ0) is 32.2.